The average Bonchev–Trinajstić information content (AvgIpc) is 3.02. The van der Waals surface area contributed by atoms with Crippen molar-refractivity contribution in [2.75, 3.05) is 6.61 Å². The van der Waals surface area contributed by atoms with Crippen LogP contribution < -0.4 is 0 Å². The molecule has 2 aliphatic rings. The first kappa shape index (κ1) is 10.6. The first-order valence-electron chi connectivity index (χ1n) is 5.00. The van der Waals surface area contributed by atoms with Crippen molar-refractivity contribution in [1.82, 2.24) is 0 Å². The summed E-state index contributed by atoms with van der Waals surface area (Å²) in [6.45, 7) is -0.0275. The van der Waals surface area contributed by atoms with Crippen molar-refractivity contribution in [3.63, 3.8) is 0 Å². The average molecular weight is 244 g/mol. The zero-order chi connectivity index (χ0) is 12.2. The Hall–Kier alpha value is -1.56. The van der Waals surface area contributed by atoms with Gasteiger partial charge in [-0.2, -0.15) is 13.2 Å². The predicted molar refractivity (Wildman–Crippen MR) is 49.3 cm³/mol. The molecular formula is C11H7F3O3. The lowest BCUT2D eigenvalue weighted by atomic mass is 9.95. The molecule has 1 unspecified atom stereocenters. The molecule has 90 valence electrons. The van der Waals surface area contributed by atoms with Crippen LogP contribution in [-0.2, 0) is 22.3 Å². The molecule has 0 aliphatic carbocycles. The van der Waals surface area contributed by atoms with Gasteiger partial charge >= 0.3 is 12.1 Å². The van der Waals surface area contributed by atoms with Crippen LogP contribution in [0.5, 0.6) is 0 Å². The van der Waals surface area contributed by atoms with Gasteiger partial charge in [0.25, 0.3) is 0 Å². The van der Waals surface area contributed by atoms with Gasteiger partial charge in [-0.1, -0.05) is 6.07 Å². The number of cyclic esters (lactones) is 1. The molecule has 1 saturated heterocycles. The third-order valence-corrected chi connectivity index (χ3v) is 2.88. The highest BCUT2D eigenvalue weighted by atomic mass is 19.4. The SMILES string of the molecule is O=C1OCc2c1ccc(C1CO1)c2C(F)(F)F. The summed E-state index contributed by atoms with van der Waals surface area (Å²) >= 11 is 0. The molecule has 6 heteroatoms. The van der Waals surface area contributed by atoms with Gasteiger partial charge in [0.1, 0.15) is 12.7 Å². The Balaban J connectivity index is 2.23. The van der Waals surface area contributed by atoms with Crippen molar-refractivity contribution in [2.45, 2.75) is 18.9 Å². The first-order valence-corrected chi connectivity index (χ1v) is 5.00. The maximum absolute atomic E-state index is 13.0. The first-order chi connectivity index (χ1) is 7.98. The molecule has 17 heavy (non-hydrogen) atoms. The number of hydrogen-bond donors (Lipinski definition) is 0. The number of esters is 1. The molecule has 1 fully saturated rings. The summed E-state index contributed by atoms with van der Waals surface area (Å²) < 4.78 is 48.5. The smallest absolute Gasteiger partial charge is 0.417 e. The van der Waals surface area contributed by atoms with Gasteiger partial charge in [0.2, 0.25) is 0 Å². The minimum Gasteiger partial charge on any atom is -0.457 e. The van der Waals surface area contributed by atoms with Crippen molar-refractivity contribution in [3.8, 4) is 0 Å². The fourth-order valence-electron chi connectivity index (χ4n) is 2.05. The Kier molecular flexibility index (Phi) is 2.01. The van der Waals surface area contributed by atoms with Crippen LogP contribution in [0, 0.1) is 0 Å². The van der Waals surface area contributed by atoms with E-state index in [0.717, 1.165) is 0 Å². The molecule has 0 aromatic heterocycles. The predicted octanol–water partition coefficient (Wildman–Crippen LogP) is 2.45. The Labute approximate surface area is 94.1 Å². The molecule has 3 rings (SSSR count). The lowest BCUT2D eigenvalue weighted by molar-refractivity contribution is -0.139. The highest BCUT2D eigenvalue weighted by molar-refractivity contribution is 5.94. The third-order valence-electron chi connectivity index (χ3n) is 2.88. The van der Waals surface area contributed by atoms with E-state index in [0.29, 0.717) is 0 Å². The molecule has 0 amide bonds. The molecule has 0 spiro atoms. The van der Waals surface area contributed by atoms with E-state index in [-0.39, 0.29) is 29.9 Å². The lowest BCUT2D eigenvalue weighted by Gasteiger charge is -2.14. The number of fused-ring (bicyclic) bond motifs is 1. The van der Waals surface area contributed by atoms with Crippen LogP contribution in [0.3, 0.4) is 0 Å². The summed E-state index contributed by atoms with van der Waals surface area (Å²) in [5.74, 6) is -0.700. The van der Waals surface area contributed by atoms with Crippen molar-refractivity contribution < 1.29 is 27.4 Å². The van der Waals surface area contributed by atoms with E-state index in [1.54, 1.807) is 0 Å². The van der Waals surface area contributed by atoms with E-state index in [2.05, 4.69) is 4.74 Å². The molecule has 2 aliphatic heterocycles. The maximum Gasteiger partial charge on any atom is 0.417 e. The summed E-state index contributed by atoms with van der Waals surface area (Å²) in [6.07, 6.45) is -5.01. The Morgan fingerprint density at radius 2 is 2.00 bits per heavy atom. The second-order valence-corrected chi connectivity index (χ2v) is 3.95. The summed E-state index contributed by atoms with van der Waals surface area (Å²) in [5, 5.41) is 0. The Morgan fingerprint density at radius 1 is 1.29 bits per heavy atom. The monoisotopic (exact) mass is 244 g/mol. The van der Waals surface area contributed by atoms with Crippen molar-refractivity contribution >= 4 is 5.97 Å². The summed E-state index contributed by atoms with van der Waals surface area (Å²) in [6, 6.07) is 2.67. The van der Waals surface area contributed by atoms with E-state index in [1.807, 2.05) is 0 Å². The normalized spacial score (nSPS) is 22.3. The fourth-order valence-corrected chi connectivity index (χ4v) is 2.05. The van der Waals surface area contributed by atoms with Crippen molar-refractivity contribution in [1.29, 1.82) is 0 Å². The fraction of sp³-hybridized carbons (Fsp3) is 0.364. The number of carbonyl (C=O) groups is 1. The quantitative estimate of drug-likeness (QED) is 0.562. The van der Waals surface area contributed by atoms with E-state index in [9.17, 15) is 18.0 Å². The van der Waals surface area contributed by atoms with Crippen LogP contribution in [0.1, 0.15) is 33.2 Å². The Bertz CT molecular complexity index is 503. The van der Waals surface area contributed by atoms with E-state index < -0.39 is 23.8 Å². The highest BCUT2D eigenvalue weighted by Gasteiger charge is 2.44. The molecule has 1 aromatic rings. The van der Waals surface area contributed by atoms with Gasteiger partial charge in [-0.05, 0) is 11.6 Å². The van der Waals surface area contributed by atoms with E-state index >= 15 is 0 Å². The van der Waals surface area contributed by atoms with Crippen LogP contribution >= 0.6 is 0 Å². The largest absolute Gasteiger partial charge is 0.457 e. The van der Waals surface area contributed by atoms with Crippen LogP contribution in [-0.4, -0.2) is 12.6 Å². The van der Waals surface area contributed by atoms with Gasteiger partial charge in [-0.3, -0.25) is 0 Å². The molecule has 0 radical (unpaired) electrons. The van der Waals surface area contributed by atoms with Crippen LogP contribution in [0.4, 0.5) is 13.2 Å². The third kappa shape index (κ3) is 1.59. The van der Waals surface area contributed by atoms with E-state index in [1.165, 1.54) is 12.1 Å². The molecule has 1 aromatic carbocycles. The Morgan fingerprint density at radius 3 is 2.59 bits per heavy atom. The number of rotatable bonds is 1. The van der Waals surface area contributed by atoms with Gasteiger partial charge in [0.05, 0.1) is 17.7 Å². The van der Waals surface area contributed by atoms with Gasteiger partial charge in [-0.25, -0.2) is 4.79 Å². The summed E-state index contributed by atoms with van der Waals surface area (Å²) in [5.41, 5.74) is -0.755. The molecule has 0 saturated carbocycles. The molecular weight excluding hydrogens is 237 g/mol. The number of carbonyl (C=O) groups excluding carboxylic acids is 1. The minimum atomic E-state index is -4.50. The zero-order valence-corrected chi connectivity index (χ0v) is 8.50. The lowest BCUT2D eigenvalue weighted by Crippen LogP contribution is -2.13. The number of ether oxygens (including phenoxy) is 2. The van der Waals surface area contributed by atoms with Gasteiger partial charge < -0.3 is 9.47 Å². The second-order valence-electron chi connectivity index (χ2n) is 3.95. The molecule has 3 nitrogen and oxygen atoms in total. The molecule has 0 N–H and O–H groups in total. The number of alkyl halides is 3. The van der Waals surface area contributed by atoms with Crippen LogP contribution in [0.2, 0.25) is 0 Å². The van der Waals surface area contributed by atoms with Crippen LogP contribution in [0.15, 0.2) is 12.1 Å². The molecule has 0 bridgehead atoms. The standard InChI is InChI=1S/C11H7F3O3/c12-11(13,14)9-6(8-4-16-8)2-1-5-7(9)3-17-10(5)15/h1-2,8H,3-4H2. The van der Waals surface area contributed by atoms with Crippen molar-refractivity contribution in [2.24, 2.45) is 0 Å². The van der Waals surface area contributed by atoms with Crippen molar-refractivity contribution in [3.05, 3.63) is 34.4 Å². The van der Waals surface area contributed by atoms with E-state index in [4.69, 9.17) is 4.74 Å². The molecule has 1 atom stereocenters. The number of benzene rings is 1. The summed E-state index contributed by atoms with van der Waals surface area (Å²) in [7, 11) is 0. The number of hydrogen-bond acceptors (Lipinski definition) is 3. The number of halogens is 3. The minimum absolute atomic E-state index is 0.00160. The zero-order valence-electron chi connectivity index (χ0n) is 8.50. The number of epoxide rings is 1. The van der Waals surface area contributed by atoms with Gasteiger partial charge in [0.15, 0.2) is 0 Å². The topological polar surface area (TPSA) is 38.8 Å². The molecule has 2 heterocycles. The van der Waals surface area contributed by atoms with Gasteiger partial charge in [0, 0.05) is 5.56 Å². The van der Waals surface area contributed by atoms with Crippen LogP contribution in [0.25, 0.3) is 0 Å². The second kappa shape index (κ2) is 3.22. The highest BCUT2D eigenvalue weighted by Crippen LogP contribution is 2.44. The summed E-state index contributed by atoms with van der Waals surface area (Å²) in [4.78, 5) is 11.2. The maximum atomic E-state index is 13.0. The van der Waals surface area contributed by atoms with Gasteiger partial charge in [-0.15, -0.1) is 0 Å².